The van der Waals surface area contributed by atoms with Crippen molar-refractivity contribution >= 4 is 24.2 Å². The number of nitrogens with two attached hydrogens (primary N) is 4. The van der Waals surface area contributed by atoms with Crippen LogP contribution in [0.1, 0.15) is 25.7 Å². The molecule has 0 saturated carbocycles. The Balaban J connectivity index is -0.000000297. The zero-order valence-electron chi connectivity index (χ0n) is 11.1. The molecule has 20 heavy (non-hydrogen) atoms. The number of urea groups is 2. The molecule has 0 rings (SSSR count). The summed E-state index contributed by atoms with van der Waals surface area (Å²) in [6.45, 7) is 1.11. The number of carbonyl (C=O) groups excluding carboxylic acids is 4. The lowest BCUT2D eigenvalue weighted by Gasteiger charge is -1.93. The van der Waals surface area contributed by atoms with E-state index in [0.717, 1.165) is 25.7 Å². The van der Waals surface area contributed by atoms with Crippen LogP contribution in [0.15, 0.2) is 9.98 Å². The van der Waals surface area contributed by atoms with Crippen LogP contribution in [0.4, 0.5) is 9.59 Å². The van der Waals surface area contributed by atoms with Gasteiger partial charge >= 0.3 is 12.1 Å². The van der Waals surface area contributed by atoms with E-state index in [0.29, 0.717) is 13.1 Å². The molecule has 0 spiro atoms. The Labute approximate surface area is 116 Å². The Hall–Kier alpha value is -2.70. The monoisotopic (exact) mass is 288 g/mol. The van der Waals surface area contributed by atoms with Crippen LogP contribution in [0.2, 0.25) is 0 Å². The Morgan fingerprint density at radius 1 is 0.700 bits per heavy atom. The molecule has 0 aromatic heterocycles. The van der Waals surface area contributed by atoms with E-state index in [1.54, 1.807) is 0 Å². The van der Waals surface area contributed by atoms with Gasteiger partial charge in [-0.2, -0.15) is 0 Å². The van der Waals surface area contributed by atoms with Gasteiger partial charge in [0.15, 0.2) is 0 Å². The lowest BCUT2D eigenvalue weighted by molar-refractivity contribution is 0.255. The Kier molecular flexibility index (Phi) is 24.2. The van der Waals surface area contributed by atoms with E-state index >= 15 is 0 Å². The third-order valence-corrected chi connectivity index (χ3v) is 1.42. The highest BCUT2D eigenvalue weighted by molar-refractivity contribution is 5.69. The number of amides is 4. The average Bonchev–Trinajstić information content (AvgIpc) is 2.31. The van der Waals surface area contributed by atoms with E-state index in [1.807, 2.05) is 0 Å². The lowest BCUT2D eigenvalue weighted by atomic mass is 10.2. The SMILES string of the molecule is NC(N)=O.NC(N)=O.O=C=NCCCCCCN=C=O. The third kappa shape index (κ3) is 78.8. The van der Waals surface area contributed by atoms with Crippen molar-refractivity contribution < 1.29 is 19.2 Å². The molecule has 0 fully saturated rings. The number of nitrogens with zero attached hydrogens (tertiary/aromatic N) is 2. The number of hydrogen-bond donors (Lipinski definition) is 4. The zero-order chi connectivity index (χ0) is 16.2. The minimum atomic E-state index is -0.833. The van der Waals surface area contributed by atoms with Crippen LogP contribution in [0.25, 0.3) is 0 Å². The zero-order valence-corrected chi connectivity index (χ0v) is 11.1. The quantitative estimate of drug-likeness (QED) is 0.272. The van der Waals surface area contributed by atoms with Crippen LogP contribution in [0, 0.1) is 0 Å². The van der Waals surface area contributed by atoms with Gasteiger partial charge in [-0.15, -0.1) is 0 Å². The fourth-order valence-electron chi connectivity index (χ4n) is 0.827. The first kappa shape index (κ1) is 22.5. The van der Waals surface area contributed by atoms with Crippen LogP contribution in [-0.2, 0) is 9.59 Å². The molecule has 0 bridgehead atoms. The Morgan fingerprint density at radius 3 is 1.15 bits per heavy atom. The molecular formula is C10H20N6O4. The first-order valence-corrected chi connectivity index (χ1v) is 5.55. The number of aliphatic imine (C=N–C) groups is 2. The van der Waals surface area contributed by atoms with Crippen LogP contribution < -0.4 is 22.9 Å². The van der Waals surface area contributed by atoms with Crippen molar-refractivity contribution in [2.75, 3.05) is 13.1 Å². The second-order valence-corrected chi connectivity index (χ2v) is 3.16. The minimum Gasteiger partial charge on any atom is -0.352 e. The molecule has 0 saturated heterocycles. The predicted octanol–water partition coefficient (Wildman–Crippen LogP) is -0.734. The number of hydrogen-bond acceptors (Lipinski definition) is 6. The van der Waals surface area contributed by atoms with Crippen LogP contribution in [0.3, 0.4) is 0 Å². The highest BCUT2D eigenvalue weighted by Crippen LogP contribution is 1.99. The molecule has 0 aliphatic rings. The molecule has 0 atom stereocenters. The van der Waals surface area contributed by atoms with E-state index in [-0.39, 0.29) is 0 Å². The minimum absolute atomic E-state index is 0.556. The average molecular weight is 288 g/mol. The smallest absolute Gasteiger partial charge is 0.309 e. The number of primary amides is 4. The Morgan fingerprint density at radius 2 is 0.950 bits per heavy atom. The van der Waals surface area contributed by atoms with Gasteiger partial charge in [0, 0.05) is 0 Å². The molecule has 114 valence electrons. The van der Waals surface area contributed by atoms with Crippen LogP contribution in [-0.4, -0.2) is 37.3 Å². The van der Waals surface area contributed by atoms with E-state index in [4.69, 9.17) is 9.59 Å². The molecular weight excluding hydrogens is 268 g/mol. The standard InChI is InChI=1S/C8H12N2O2.2CH4N2O/c11-7-9-5-3-1-2-4-6-10-8-12;2*2-1(3)4/h1-6H2;2*(H4,2,3,4). The van der Waals surface area contributed by atoms with Crippen molar-refractivity contribution in [3.63, 3.8) is 0 Å². The summed E-state index contributed by atoms with van der Waals surface area (Å²) in [5.74, 6) is 0. The van der Waals surface area contributed by atoms with Crippen LogP contribution in [0.5, 0.6) is 0 Å². The van der Waals surface area contributed by atoms with E-state index < -0.39 is 12.1 Å². The molecule has 8 N–H and O–H groups in total. The van der Waals surface area contributed by atoms with Gasteiger partial charge in [-0.1, -0.05) is 12.8 Å². The molecule has 0 unspecified atom stereocenters. The fourth-order valence-corrected chi connectivity index (χ4v) is 0.827. The van der Waals surface area contributed by atoms with Crippen molar-refractivity contribution in [1.29, 1.82) is 0 Å². The topological polar surface area (TPSA) is 197 Å². The molecule has 0 aliphatic carbocycles. The van der Waals surface area contributed by atoms with Crippen molar-refractivity contribution in [1.82, 2.24) is 0 Å². The predicted molar refractivity (Wildman–Crippen MR) is 72.0 cm³/mol. The molecule has 0 aromatic carbocycles. The van der Waals surface area contributed by atoms with Crippen molar-refractivity contribution in [3.8, 4) is 0 Å². The fraction of sp³-hybridized carbons (Fsp3) is 0.600. The molecule has 10 heteroatoms. The van der Waals surface area contributed by atoms with Crippen molar-refractivity contribution in [2.24, 2.45) is 32.9 Å². The second-order valence-electron chi connectivity index (χ2n) is 3.16. The summed E-state index contributed by atoms with van der Waals surface area (Å²) in [6, 6.07) is -1.67. The molecule has 10 nitrogen and oxygen atoms in total. The highest BCUT2D eigenvalue weighted by atomic mass is 16.2. The second kappa shape index (κ2) is 21.6. The maximum Gasteiger partial charge on any atom is 0.309 e. The third-order valence-electron chi connectivity index (χ3n) is 1.42. The molecule has 0 radical (unpaired) electrons. The normalized spacial score (nSPS) is 7.40. The van der Waals surface area contributed by atoms with Crippen molar-refractivity contribution in [3.05, 3.63) is 0 Å². The van der Waals surface area contributed by atoms with Gasteiger partial charge in [0.25, 0.3) is 0 Å². The molecule has 4 amide bonds. The molecule has 0 heterocycles. The summed E-state index contributed by atoms with van der Waals surface area (Å²) in [5.41, 5.74) is 17.0. The van der Waals surface area contributed by atoms with Gasteiger partial charge in [-0.25, -0.2) is 29.2 Å². The summed E-state index contributed by atoms with van der Waals surface area (Å²) in [6.07, 6.45) is 6.80. The van der Waals surface area contributed by atoms with E-state index in [9.17, 15) is 9.59 Å². The number of rotatable bonds is 7. The summed E-state index contributed by atoms with van der Waals surface area (Å²) in [7, 11) is 0. The van der Waals surface area contributed by atoms with Gasteiger partial charge < -0.3 is 22.9 Å². The summed E-state index contributed by atoms with van der Waals surface area (Å²) in [5, 5.41) is 0. The van der Waals surface area contributed by atoms with E-state index in [1.165, 1.54) is 12.2 Å². The van der Waals surface area contributed by atoms with Crippen LogP contribution >= 0.6 is 0 Å². The maximum absolute atomic E-state index is 9.63. The summed E-state index contributed by atoms with van der Waals surface area (Å²) >= 11 is 0. The van der Waals surface area contributed by atoms with Gasteiger partial charge in [0.05, 0.1) is 13.1 Å². The van der Waals surface area contributed by atoms with Gasteiger partial charge in [0.1, 0.15) is 0 Å². The number of isocyanates is 2. The number of carbonyl (C=O) groups is 2. The summed E-state index contributed by atoms with van der Waals surface area (Å²) in [4.78, 5) is 44.1. The van der Waals surface area contributed by atoms with Gasteiger partial charge in [-0.3, -0.25) is 0 Å². The largest absolute Gasteiger partial charge is 0.352 e. The highest BCUT2D eigenvalue weighted by Gasteiger charge is 1.87. The molecule has 0 aromatic rings. The first-order chi connectivity index (χ1) is 9.38. The maximum atomic E-state index is 9.63. The lowest BCUT2D eigenvalue weighted by Crippen LogP contribution is -2.18. The first-order valence-electron chi connectivity index (χ1n) is 5.55. The summed E-state index contributed by atoms with van der Waals surface area (Å²) < 4.78 is 0. The van der Waals surface area contributed by atoms with Crippen molar-refractivity contribution in [2.45, 2.75) is 25.7 Å². The van der Waals surface area contributed by atoms with Gasteiger partial charge in [-0.05, 0) is 12.8 Å². The Bertz CT molecular complexity index is 306. The van der Waals surface area contributed by atoms with Gasteiger partial charge in [0.2, 0.25) is 12.2 Å². The molecule has 0 aliphatic heterocycles. The number of unbranched alkanes of at least 4 members (excludes halogenated alkanes) is 3. The van der Waals surface area contributed by atoms with E-state index in [2.05, 4.69) is 32.9 Å².